The highest BCUT2D eigenvalue weighted by atomic mass is 35.5. The van der Waals surface area contributed by atoms with Crippen LogP contribution < -0.4 is 10.1 Å². The molecule has 1 aliphatic rings. The summed E-state index contributed by atoms with van der Waals surface area (Å²) in [7, 11) is 0. The van der Waals surface area contributed by atoms with Gasteiger partial charge in [-0.3, -0.25) is 0 Å². The Balaban J connectivity index is 1.63. The van der Waals surface area contributed by atoms with Gasteiger partial charge in [-0.25, -0.2) is 9.97 Å². The summed E-state index contributed by atoms with van der Waals surface area (Å²) in [5, 5.41) is 4.43. The predicted octanol–water partition coefficient (Wildman–Crippen LogP) is 6.50. The van der Waals surface area contributed by atoms with Gasteiger partial charge in [0.15, 0.2) is 5.75 Å². The van der Waals surface area contributed by atoms with Crippen LogP contribution in [-0.4, -0.2) is 15.0 Å². The van der Waals surface area contributed by atoms with Crippen molar-refractivity contribution < 1.29 is 4.74 Å². The summed E-state index contributed by atoms with van der Waals surface area (Å²) in [4.78, 5) is 11.5. The number of hydrogen-bond acceptors (Lipinski definition) is 4. The van der Waals surface area contributed by atoms with Gasteiger partial charge in [0.1, 0.15) is 23.5 Å². The maximum Gasteiger partial charge on any atom is 0.151 e. The minimum atomic E-state index is -0.400. The first-order chi connectivity index (χ1) is 14.2. The number of aromatic nitrogens is 3. The van der Waals surface area contributed by atoms with Gasteiger partial charge in [0.05, 0.1) is 15.9 Å². The molecule has 2 N–H and O–H groups in total. The van der Waals surface area contributed by atoms with Crippen LogP contribution in [-0.2, 0) is 4.87 Å². The number of halogens is 1. The highest BCUT2D eigenvalue weighted by Gasteiger charge is 2.36. The van der Waals surface area contributed by atoms with E-state index in [1.807, 2.05) is 54.7 Å². The number of anilines is 2. The molecule has 1 fully saturated rings. The van der Waals surface area contributed by atoms with Gasteiger partial charge in [-0.05, 0) is 37.1 Å². The molecule has 0 amide bonds. The average Bonchev–Trinajstić information content (AvgIpc) is 3.40. The summed E-state index contributed by atoms with van der Waals surface area (Å²) in [5.74, 6) is 2.22. The number of H-pyrrole nitrogens is 1. The van der Waals surface area contributed by atoms with Crippen molar-refractivity contribution in [3.05, 3.63) is 72.7 Å². The molecule has 5 rings (SSSR count). The van der Waals surface area contributed by atoms with Gasteiger partial charge < -0.3 is 15.0 Å². The lowest BCUT2D eigenvalue weighted by Gasteiger charge is -2.26. The number of benzene rings is 2. The Morgan fingerprint density at radius 2 is 1.79 bits per heavy atom. The summed E-state index contributed by atoms with van der Waals surface area (Å²) in [5.41, 5.74) is 2.69. The number of para-hydroxylation sites is 2. The number of nitrogens with one attached hydrogen (secondary N) is 2. The molecule has 0 bridgehead atoms. The summed E-state index contributed by atoms with van der Waals surface area (Å²) in [6, 6.07) is 17.8. The highest BCUT2D eigenvalue weighted by Crippen LogP contribution is 2.50. The minimum Gasteiger partial charge on any atom is -0.455 e. The lowest BCUT2D eigenvalue weighted by Crippen LogP contribution is -2.16. The molecule has 2 aromatic heterocycles. The van der Waals surface area contributed by atoms with E-state index in [2.05, 4.69) is 26.3 Å². The van der Waals surface area contributed by atoms with E-state index in [9.17, 15) is 0 Å². The molecule has 1 aliphatic carbocycles. The summed E-state index contributed by atoms with van der Waals surface area (Å²) < 4.78 is 6.25. The number of fused-ring (bicyclic) bond motifs is 1. The van der Waals surface area contributed by atoms with Gasteiger partial charge in [0, 0.05) is 11.8 Å². The number of nitrogens with zero attached hydrogens (tertiary/aromatic N) is 2. The Morgan fingerprint density at radius 3 is 2.62 bits per heavy atom. The molecular formula is C23H21ClN4O. The van der Waals surface area contributed by atoms with Gasteiger partial charge in [-0.1, -0.05) is 43.2 Å². The average molecular weight is 405 g/mol. The zero-order chi connectivity index (χ0) is 19.7. The molecule has 2 aromatic carbocycles. The van der Waals surface area contributed by atoms with E-state index in [-0.39, 0.29) is 0 Å². The lowest BCUT2D eigenvalue weighted by molar-refractivity contribution is 0.482. The van der Waals surface area contributed by atoms with Crippen LogP contribution in [0.1, 0.15) is 31.2 Å². The second-order valence-electron chi connectivity index (χ2n) is 7.35. The van der Waals surface area contributed by atoms with E-state index in [4.69, 9.17) is 16.3 Å². The molecule has 4 aromatic rings. The van der Waals surface area contributed by atoms with Gasteiger partial charge >= 0.3 is 0 Å². The number of alkyl halides is 1. The molecule has 0 unspecified atom stereocenters. The first-order valence-corrected chi connectivity index (χ1v) is 10.2. The van der Waals surface area contributed by atoms with Gasteiger partial charge in [-0.15, -0.1) is 11.6 Å². The maximum absolute atomic E-state index is 7.11. The number of rotatable bonds is 5. The van der Waals surface area contributed by atoms with E-state index in [0.29, 0.717) is 0 Å². The lowest BCUT2D eigenvalue weighted by atomic mass is 9.94. The van der Waals surface area contributed by atoms with E-state index >= 15 is 0 Å². The van der Waals surface area contributed by atoms with Crippen molar-refractivity contribution in [2.45, 2.75) is 30.6 Å². The third kappa shape index (κ3) is 3.42. The van der Waals surface area contributed by atoms with E-state index in [1.165, 1.54) is 0 Å². The maximum atomic E-state index is 7.11. The Bertz CT molecular complexity index is 1140. The number of ether oxygens (including phenoxy) is 1. The summed E-state index contributed by atoms with van der Waals surface area (Å²) in [6.07, 6.45) is 7.55. The Hall–Kier alpha value is -3.05. The molecule has 5 nitrogen and oxygen atoms in total. The Labute approximate surface area is 174 Å². The fourth-order valence-corrected chi connectivity index (χ4v) is 4.45. The fraction of sp³-hybridized carbons (Fsp3) is 0.217. The topological polar surface area (TPSA) is 62.8 Å². The van der Waals surface area contributed by atoms with Gasteiger partial charge in [-0.2, -0.15) is 0 Å². The standard InChI is InChI=1S/C23H21ClN4O/c24-23(12-4-5-13-23)18-9-6-10-19(29-16-7-2-1-3-8-16)20(18)28-22-17-11-14-25-21(17)26-15-27-22/h1-3,6-11,14-15H,4-5,12-13H2,(H2,25,26,27,28). The second-order valence-corrected chi connectivity index (χ2v) is 8.08. The van der Waals surface area contributed by atoms with Crippen molar-refractivity contribution in [2.75, 3.05) is 5.32 Å². The van der Waals surface area contributed by atoms with Crippen molar-refractivity contribution in [3.63, 3.8) is 0 Å². The van der Waals surface area contributed by atoms with Crippen LogP contribution in [0.25, 0.3) is 11.0 Å². The molecule has 0 radical (unpaired) electrons. The van der Waals surface area contributed by atoms with E-state index in [1.54, 1.807) is 6.33 Å². The predicted molar refractivity (Wildman–Crippen MR) is 116 cm³/mol. The molecule has 29 heavy (non-hydrogen) atoms. The van der Waals surface area contributed by atoms with Crippen LogP contribution in [0.2, 0.25) is 0 Å². The first-order valence-electron chi connectivity index (χ1n) is 9.83. The third-order valence-electron chi connectivity index (χ3n) is 5.47. The molecule has 0 aliphatic heterocycles. The normalized spacial score (nSPS) is 15.5. The second kappa shape index (κ2) is 7.41. The SMILES string of the molecule is ClC1(c2cccc(Oc3ccccc3)c2Nc2ncnc3[nH]ccc23)CCCC1. The van der Waals surface area contributed by atoms with Gasteiger partial charge in [0.25, 0.3) is 0 Å². The number of aromatic amines is 1. The molecular weight excluding hydrogens is 384 g/mol. The van der Waals surface area contributed by atoms with Crippen molar-refractivity contribution in [2.24, 2.45) is 0 Å². The Morgan fingerprint density at radius 1 is 0.966 bits per heavy atom. The third-order valence-corrected chi connectivity index (χ3v) is 6.05. The van der Waals surface area contributed by atoms with Crippen LogP contribution in [0.5, 0.6) is 11.5 Å². The van der Waals surface area contributed by atoms with Crippen molar-refractivity contribution in [1.29, 1.82) is 0 Å². The summed E-state index contributed by atoms with van der Waals surface area (Å²) >= 11 is 7.11. The Kier molecular flexibility index (Phi) is 4.60. The fourth-order valence-electron chi connectivity index (χ4n) is 4.03. The molecule has 6 heteroatoms. The number of hydrogen-bond donors (Lipinski definition) is 2. The molecule has 2 heterocycles. The van der Waals surface area contributed by atoms with Crippen LogP contribution in [0.3, 0.4) is 0 Å². The first kappa shape index (κ1) is 18.0. The molecule has 0 spiro atoms. The van der Waals surface area contributed by atoms with Crippen LogP contribution in [0.15, 0.2) is 67.1 Å². The minimum absolute atomic E-state index is 0.400. The smallest absolute Gasteiger partial charge is 0.151 e. The largest absolute Gasteiger partial charge is 0.455 e. The van der Waals surface area contributed by atoms with Crippen LogP contribution in [0, 0.1) is 0 Å². The van der Waals surface area contributed by atoms with Crippen LogP contribution in [0.4, 0.5) is 11.5 Å². The van der Waals surface area contributed by atoms with E-state index < -0.39 is 4.87 Å². The summed E-state index contributed by atoms with van der Waals surface area (Å²) in [6.45, 7) is 0. The van der Waals surface area contributed by atoms with Gasteiger partial charge in [0.2, 0.25) is 0 Å². The van der Waals surface area contributed by atoms with Crippen LogP contribution >= 0.6 is 11.6 Å². The highest BCUT2D eigenvalue weighted by molar-refractivity contribution is 6.24. The molecule has 0 saturated heterocycles. The monoisotopic (exact) mass is 404 g/mol. The quantitative estimate of drug-likeness (QED) is 0.372. The molecule has 0 atom stereocenters. The zero-order valence-corrected chi connectivity index (χ0v) is 16.6. The van der Waals surface area contributed by atoms with Crippen molar-refractivity contribution in [1.82, 2.24) is 15.0 Å². The molecule has 1 saturated carbocycles. The zero-order valence-electron chi connectivity index (χ0n) is 15.9. The van der Waals surface area contributed by atoms with Crippen molar-refractivity contribution >= 4 is 34.1 Å². The van der Waals surface area contributed by atoms with E-state index in [0.717, 1.165) is 65.3 Å². The van der Waals surface area contributed by atoms with Crippen molar-refractivity contribution in [3.8, 4) is 11.5 Å². The molecule has 146 valence electrons.